The Morgan fingerprint density at radius 2 is 1.86 bits per heavy atom. The molecule has 0 saturated heterocycles. The van der Waals surface area contributed by atoms with Gasteiger partial charge in [-0.05, 0) is 92.6 Å². The zero-order valence-corrected chi connectivity index (χ0v) is 24.6. The molecule has 0 radical (unpaired) electrons. The molecule has 8 nitrogen and oxygen atoms in total. The third-order valence-electron chi connectivity index (χ3n) is 8.12. The number of carboxylic acids is 1. The average Bonchev–Trinajstić information content (AvgIpc) is 3.66. The van der Waals surface area contributed by atoms with Crippen LogP contribution >= 0.6 is 12.0 Å². The van der Waals surface area contributed by atoms with Crippen LogP contribution in [-0.4, -0.2) is 44.5 Å². The highest BCUT2D eigenvalue weighted by molar-refractivity contribution is 7.95. The molecule has 1 unspecified atom stereocenters. The predicted molar refractivity (Wildman–Crippen MR) is 160 cm³/mol. The molecule has 0 bridgehead atoms. The number of hydrogen-bond donors (Lipinski definition) is 1. The number of amides is 1. The number of hydrogen-bond acceptors (Lipinski definition) is 6. The van der Waals surface area contributed by atoms with Gasteiger partial charge in [-0.1, -0.05) is 6.07 Å². The molecular formula is C32H29F3N4O4S. The van der Waals surface area contributed by atoms with Crippen LogP contribution in [0.1, 0.15) is 74.1 Å². The fourth-order valence-corrected chi connectivity index (χ4v) is 6.70. The first kappa shape index (κ1) is 29.7. The summed E-state index contributed by atoms with van der Waals surface area (Å²) in [6, 6.07) is 14.4. The Morgan fingerprint density at radius 1 is 1.07 bits per heavy atom. The van der Waals surface area contributed by atoms with E-state index in [2.05, 4.69) is 10.1 Å². The minimum Gasteiger partial charge on any atom is -0.478 e. The van der Waals surface area contributed by atoms with Gasteiger partial charge < -0.3 is 14.2 Å². The second-order valence-corrected chi connectivity index (χ2v) is 11.7. The summed E-state index contributed by atoms with van der Waals surface area (Å²) < 4.78 is 49.6. The summed E-state index contributed by atoms with van der Waals surface area (Å²) in [5.41, 5.74) is 3.36. The van der Waals surface area contributed by atoms with Crippen LogP contribution < -0.4 is 9.08 Å². The zero-order valence-electron chi connectivity index (χ0n) is 23.8. The first-order valence-corrected chi connectivity index (χ1v) is 15.2. The van der Waals surface area contributed by atoms with Crippen molar-refractivity contribution in [2.75, 3.05) is 17.7 Å². The van der Waals surface area contributed by atoms with Crippen LogP contribution in [0.15, 0.2) is 60.8 Å². The summed E-state index contributed by atoms with van der Waals surface area (Å²) in [7, 11) is 1.66. The van der Waals surface area contributed by atoms with Crippen LogP contribution in [0.2, 0.25) is 0 Å². The Hall–Kier alpha value is -4.32. The second kappa shape index (κ2) is 12.0. The topological polar surface area (TPSA) is 97.6 Å². The molecular weight excluding hydrogens is 593 g/mol. The number of carboxylic acid groups (broad SMARTS) is 1. The molecule has 2 aliphatic carbocycles. The molecule has 44 heavy (non-hydrogen) atoms. The predicted octanol–water partition coefficient (Wildman–Crippen LogP) is 6.90. The maximum absolute atomic E-state index is 14.2. The van der Waals surface area contributed by atoms with E-state index in [0.29, 0.717) is 47.0 Å². The number of carbonyl (C=O) groups is 2. The van der Waals surface area contributed by atoms with Crippen molar-refractivity contribution in [2.24, 2.45) is 0 Å². The molecule has 2 aliphatic rings. The lowest BCUT2D eigenvalue weighted by molar-refractivity contribution is -0.142. The molecule has 2 heterocycles. The quantitative estimate of drug-likeness (QED) is 0.214. The molecule has 6 rings (SSSR count). The lowest BCUT2D eigenvalue weighted by Crippen LogP contribution is -2.26. The summed E-state index contributed by atoms with van der Waals surface area (Å²) in [5.74, 6) is -0.869. The zero-order chi connectivity index (χ0) is 31.0. The lowest BCUT2D eigenvalue weighted by atomic mass is 9.87. The third kappa shape index (κ3) is 5.90. The van der Waals surface area contributed by atoms with Gasteiger partial charge in [0.2, 0.25) is 0 Å². The number of anilines is 1. The fourth-order valence-electron chi connectivity index (χ4n) is 5.89. The Kier molecular flexibility index (Phi) is 8.10. The highest BCUT2D eigenvalue weighted by Gasteiger charge is 2.42. The Bertz CT molecular complexity index is 1720. The van der Waals surface area contributed by atoms with Crippen LogP contribution in [0.5, 0.6) is 5.75 Å². The van der Waals surface area contributed by atoms with Crippen molar-refractivity contribution < 1.29 is 32.0 Å². The van der Waals surface area contributed by atoms with E-state index in [-0.39, 0.29) is 29.4 Å². The normalized spacial score (nSPS) is 15.9. The van der Waals surface area contributed by atoms with Crippen molar-refractivity contribution in [1.82, 2.24) is 14.8 Å². The Morgan fingerprint density at radius 3 is 2.61 bits per heavy atom. The number of benzene rings is 2. The van der Waals surface area contributed by atoms with Crippen LogP contribution in [0, 0.1) is 0 Å². The van der Waals surface area contributed by atoms with Gasteiger partial charge in [0.1, 0.15) is 5.75 Å². The van der Waals surface area contributed by atoms with Gasteiger partial charge >= 0.3 is 12.1 Å². The molecule has 0 saturated carbocycles. The van der Waals surface area contributed by atoms with E-state index in [4.69, 9.17) is 9.29 Å². The number of aryl methyl sites for hydroxylation is 2. The van der Waals surface area contributed by atoms with Gasteiger partial charge in [-0.2, -0.15) is 18.3 Å². The minimum absolute atomic E-state index is 0.124. The number of carbonyl (C=O) groups excluding carboxylic acids is 1. The van der Waals surface area contributed by atoms with Crippen LogP contribution in [0.4, 0.5) is 18.9 Å². The summed E-state index contributed by atoms with van der Waals surface area (Å²) in [6.07, 6.45) is 1.36. The molecule has 0 aliphatic heterocycles. The Balaban J connectivity index is 1.28. The van der Waals surface area contributed by atoms with Crippen molar-refractivity contribution in [3.05, 3.63) is 100 Å². The number of fused-ring (bicyclic) bond motifs is 2. The number of aromatic carboxylic acids is 1. The summed E-state index contributed by atoms with van der Waals surface area (Å²) in [6.45, 7) is 0. The van der Waals surface area contributed by atoms with Crippen LogP contribution in [-0.2, 0) is 25.4 Å². The highest BCUT2D eigenvalue weighted by Crippen LogP contribution is 2.42. The molecule has 1 amide bonds. The summed E-state index contributed by atoms with van der Waals surface area (Å²) >= 11 is 1.09. The SMILES string of the molecule is CN(C(=O)c1cccc(-n2nc(C(F)(F)F)c3c2C(CSOc2ccc(C(=O)O)cc2)CCC3)c1)c1cnc2c(c1)CCC2. The number of rotatable bonds is 8. The molecule has 228 valence electrons. The monoisotopic (exact) mass is 622 g/mol. The Labute approximate surface area is 256 Å². The number of aromatic nitrogens is 3. The van der Waals surface area contributed by atoms with E-state index < -0.39 is 17.8 Å². The first-order valence-electron chi connectivity index (χ1n) is 14.3. The van der Waals surface area contributed by atoms with Gasteiger partial charge in [0.25, 0.3) is 5.91 Å². The van der Waals surface area contributed by atoms with Gasteiger partial charge in [0.05, 0.1) is 40.9 Å². The molecule has 12 heteroatoms. The van der Waals surface area contributed by atoms with E-state index in [1.807, 2.05) is 6.07 Å². The molecule has 2 aromatic carbocycles. The van der Waals surface area contributed by atoms with Crippen molar-refractivity contribution in [2.45, 2.75) is 50.6 Å². The van der Waals surface area contributed by atoms with E-state index in [0.717, 1.165) is 42.6 Å². The van der Waals surface area contributed by atoms with Gasteiger partial charge in [-0.25, -0.2) is 9.48 Å². The van der Waals surface area contributed by atoms with E-state index >= 15 is 0 Å². The van der Waals surface area contributed by atoms with Gasteiger partial charge in [-0.15, -0.1) is 0 Å². The average molecular weight is 623 g/mol. The largest absolute Gasteiger partial charge is 0.478 e. The van der Waals surface area contributed by atoms with Crippen molar-refractivity contribution in [1.29, 1.82) is 0 Å². The van der Waals surface area contributed by atoms with Crippen LogP contribution in [0.3, 0.4) is 0 Å². The van der Waals surface area contributed by atoms with Gasteiger partial charge in [0.15, 0.2) is 5.69 Å². The van der Waals surface area contributed by atoms with Gasteiger partial charge in [0, 0.05) is 35.5 Å². The number of pyridine rings is 1. The minimum atomic E-state index is -4.64. The van der Waals surface area contributed by atoms with E-state index in [9.17, 15) is 22.8 Å². The maximum Gasteiger partial charge on any atom is 0.435 e. The summed E-state index contributed by atoms with van der Waals surface area (Å²) in [5, 5.41) is 13.2. The molecule has 2 aromatic heterocycles. The smallest absolute Gasteiger partial charge is 0.435 e. The van der Waals surface area contributed by atoms with Crippen molar-refractivity contribution in [3.8, 4) is 11.4 Å². The van der Waals surface area contributed by atoms with E-state index in [1.165, 1.54) is 33.8 Å². The number of alkyl halides is 3. The van der Waals surface area contributed by atoms with Gasteiger partial charge in [-0.3, -0.25) is 9.78 Å². The third-order valence-corrected chi connectivity index (χ3v) is 8.97. The lowest BCUT2D eigenvalue weighted by Gasteiger charge is -2.24. The number of halogens is 3. The van der Waals surface area contributed by atoms with Crippen LogP contribution in [0.25, 0.3) is 5.69 Å². The standard InChI is InChI=1S/C32H29F3N4O4S/c1-38(24-15-20-5-4-10-27(20)36-17-24)30(40)21-6-2-8-23(16-21)39-28-22(7-3-9-26(28)29(37-39)32(33,34)35)18-44-43-25-13-11-19(12-14-25)31(41)42/h2,6,8,11-17,22H,3-5,7,9-10,18H2,1H3,(H,41,42). The van der Waals surface area contributed by atoms with Crippen molar-refractivity contribution in [3.63, 3.8) is 0 Å². The maximum atomic E-state index is 14.2. The van der Waals surface area contributed by atoms with Crippen molar-refractivity contribution >= 4 is 29.6 Å². The van der Waals surface area contributed by atoms with E-state index in [1.54, 1.807) is 37.5 Å². The molecule has 0 fully saturated rings. The molecule has 4 aromatic rings. The highest BCUT2D eigenvalue weighted by atomic mass is 32.2. The molecule has 1 atom stereocenters. The second-order valence-electron chi connectivity index (χ2n) is 11.0. The number of nitrogens with zero attached hydrogens (tertiary/aromatic N) is 4. The first-order chi connectivity index (χ1) is 21.1. The molecule has 0 spiro atoms. The summed E-state index contributed by atoms with van der Waals surface area (Å²) in [4.78, 5) is 30.6. The fraction of sp³-hybridized carbons (Fsp3) is 0.312. The molecule has 1 N–H and O–H groups in total.